The Morgan fingerprint density at radius 2 is 2.16 bits per heavy atom. The molecular weight excluding hydrogens is 330 g/mol. The van der Waals surface area contributed by atoms with E-state index in [2.05, 4.69) is 15.9 Å². The number of piperidine rings is 1. The van der Waals surface area contributed by atoms with Gasteiger partial charge in [-0.05, 0) is 59.3 Å². The summed E-state index contributed by atoms with van der Waals surface area (Å²) in [6, 6.07) is 5.13. The summed E-state index contributed by atoms with van der Waals surface area (Å²) < 4.78 is 32.8. The highest BCUT2D eigenvalue weighted by atomic mass is 79.9. The van der Waals surface area contributed by atoms with Crippen LogP contribution < -0.4 is 4.74 Å². The Balaban J connectivity index is 1.94. The summed E-state index contributed by atoms with van der Waals surface area (Å²) >= 11 is 3.34. The summed E-state index contributed by atoms with van der Waals surface area (Å²) in [6.45, 7) is 0.677. The fraction of sp³-hybridized carbons (Fsp3) is 0.538. The van der Waals surface area contributed by atoms with Crippen LogP contribution in [0.5, 0.6) is 5.75 Å². The van der Waals surface area contributed by atoms with Crippen LogP contribution in [0, 0.1) is 5.92 Å². The van der Waals surface area contributed by atoms with Gasteiger partial charge in [0.15, 0.2) is 0 Å². The summed E-state index contributed by atoms with van der Waals surface area (Å²) in [4.78, 5) is 0.340. The van der Waals surface area contributed by atoms with Crippen LogP contribution in [0.15, 0.2) is 27.6 Å². The standard InChI is InChI=1S/C13H16BrNO3S/c1-18-13-5-4-11(7-12(13)14)19(16,17)15-8-9-2-3-10(15)6-9/h4-5,7,9-10H,2-3,6,8H2,1H3. The van der Waals surface area contributed by atoms with E-state index >= 15 is 0 Å². The van der Waals surface area contributed by atoms with Gasteiger partial charge < -0.3 is 4.74 Å². The molecule has 0 aromatic heterocycles. The normalized spacial score (nSPS) is 26.8. The van der Waals surface area contributed by atoms with Crippen LogP contribution in [-0.4, -0.2) is 32.4 Å². The van der Waals surface area contributed by atoms with Crippen molar-refractivity contribution in [1.29, 1.82) is 0 Å². The summed E-state index contributed by atoms with van der Waals surface area (Å²) in [5.74, 6) is 1.20. The van der Waals surface area contributed by atoms with Gasteiger partial charge in [-0.15, -0.1) is 0 Å². The topological polar surface area (TPSA) is 46.6 Å². The van der Waals surface area contributed by atoms with E-state index < -0.39 is 10.0 Å². The third-order valence-electron chi connectivity index (χ3n) is 4.09. The van der Waals surface area contributed by atoms with Crippen molar-refractivity contribution in [3.63, 3.8) is 0 Å². The predicted molar refractivity (Wildman–Crippen MR) is 75.7 cm³/mol. The molecule has 19 heavy (non-hydrogen) atoms. The summed E-state index contributed by atoms with van der Waals surface area (Å²) in [7, 11) is -1.81. The third kappa shape index (κ3) is 2.19. The van der Waals surface area contributed by atoms with Crippen molar-refractivity contribution in [2.45, 2.75) is 30.2 Å². The second-order valence-electron chi connectivity index (χ2n) is 5.20. The number of fused-ring (bicyclic) bond motifs is 2. The summed E-state index contributed by atoms with van der Waals surface area (Å²) in [5, 5.41) is 0. The fourth-order valence-electron chi connectivity index (χ4n) is 3.12. The van der Waals surface area contributed by atoms with E-state index in [-0.39, 0.29) is 6.04 Å². The monoisotopic (exact) mass is 345 g/mol. The van der Waals surface area contributed by atoms with E-state index in [1.54, 1.807) is 29.6 Å². The molecule has 2 fully saturated rings. The number of halogens is 1. The molecule has 2 unspecified atom stereocenters. The predicted octanol–water partition coefficient (Wildman–Crippen LogP) is 2.63. The molecule has 2 bridgehead atoms. The average molecular weight is 346 g/mol. The first kappa shape index (κ1) is 13.4. The second-order valence-corrected chi connectivity index (χ2v) is 7.95. The van der Waals surface area contributed by atoms with Crippen molar-refractivity contribution in [3.05, 3.63) is 22.7 Å². The van der Waals surface area contributed by atoms with Crippen LogP contribution in [0.3, 0.4) is 0 Å². The van der Waals surface area contributed by atoms with Gasteiger partial charge in [0, 0.05) is 12.6 Å². The summed E-state index contributed by atoms with van der Waals surface area (Å²) in [6.07, 6.45) is 3.20. The summed E-state index contributed by atoms with van der Waals surface area (Å²) in [5.41, 5.74) is 0. The smallest absolute Gasteiger partial charge is 0.243 e. The van der Waals surface area contributed by atoms with Gasteiger partial charge in [-0.3, -0.25) is 0 Å². The number of nitrogens with zero attached hydrogens (tertiary/aromatic N) is 1. The zero-order valence-corrected chi connectivity index (χ0v) is 13.1. The SMILES string of the molecule is COc1ccc(S(=O)(=O)N2CC3CCC2C3)cc1Br. The molecule has 0 spiro atoms. The van der Waals surface area contributed by atoms with E-state index in [0.717, 1.165) is 12.8 Å². The minimum atomic E-state index is -3.37. The van der Waals surface area contributed by atoms with Gasteiger partial charge in [0.2, 0.25) is 10.0 Å². The Kier molecular flexibility index (Phi) is 3.35. The highest BCUT2D eigenvalue weighted by molar-refractivity contribution is 9.10. The number of methoxy groups -OCH3 is 1. The minimum Gasteiger partial charge on any atom is -0.496 e. The van der Waals surface area contributed by atoms with Crippen LogP contribution in [0.4, 0.5) is 0 Å². The van der Waals surface area contributed by atoms with Gasteiger partial charge in [0.05, 0.1) is 16.5 Å². The van der Waals surface area contributed by atoms with E-state index in [9.17, 15) is 8.42 Å². The lowest BCUT2D eigenvalue weighted by atomic mass is 10.1. The lowest BCUT2D eigenvalue weighted by molar-refractivity contribution is 0.333. The van der Waals surface area contributed by atoms with Crippen molar-refractivity contribution in [2.24, 2.45) is 5.92 Å². The van der Waals surface area contributed by atoms with Crippen LogP contribution in [0.2, 0.25) is 0 Å². The second kappa shape index (κ2) is 4.75. The average Bonchev–Trinajstić information content (AvgIpc) is 3.01. The quantitative estimate of drug-likeness (QED) is 0.845. The minimum absolute atomic E-state index is 0.205. The van der Waals surface area contributed by atoms with Crippen molar-refractivity contribution in [2.75, 3.05) is 13.7 Å². The van der Waals surface area contributed by atoms with Crippen molar-refractivity contribution in [1.82, 2.24) is 4.31 Å². The Morgan fingerprint density at radius 1 is 1.37 bits per heavy atom. The van der Waals surface area contributed by atoms with E-state index in [0.29, 0.717) is 27.6 Å². The molecule has 3 rings (SSSR count). The zero-order valence-electron chi connectivity index (χ0n) is 10.7. The molecule has 104 valence electrons. The maximum absolute atomic E-state index is 12.6. The number of hydrogen-bond acceptors (Lipinski definition) is 3. The molecule has 0 amide bonds. The van der Waals surface area contributed by atoms with Crippen molar-refractivity contribution in [3.8, 4) is 5.75 Å². The molecule has 1 aliphatic heterocycles. The zero-order chi connectivity index (χ0) is 13.6. The molecule has 0 N–H and O–H groups in total. The first-order valence-corrected chi connectivity index (χ1v) is 8.61. The molecule has 6 heteroatoms. The molecule has 1 saturated carbocycles. The maximum Gasteiger partial charge on any atom is 0.243 e. The first-order chi connectivity index (χ1) is 9.02. The highest BCUT2D eigenvalue weighted by Gasteiger charge is 2.44. The third-order valence-corrected chi connectivity index (χ3v) is 6.62. The number of ether oxygens (including phenoxy) is 1. The van der Waals surface area contributed by atoms with E-state index in [4.69, 9.17) is 4.74 Å². The lowest BCUT2D eigenvalue weighted by Gasteiger charge is -2.26. The molecule has 2 aliphatic rings. The Labute approximate surface area is 121 Å². The molecule has 1 aromatic carbocycles. The van der Waals surface area contributed by atoms with Crippen molar-refractivity contribution >= 4 is 26.0 Å². The van der Waals surface area contributed by atoms with Gasteiger partial charge in [-0.2, -0.15) is 4.31 Å². The molecule has 1 heterocycles. The fourth-order valence-corrected chi connectivity index (χ4v) is 5.58. The van der Waals surface area contributed by atoms with Crippen LogP contribution in [0.1, 0.15) is 19.3 Å². The molecule has 1 saturated heterocycles. The Morgan fingerprint density at radius 3 is 2.68 bits per heavy atom. The van der Waals surface area contributed by atoms with Gasteiger partial charge >= 0.3 is 0 Å². The van der Waals surface area contributed by atoms with E-state index in [1.165, 1.54) is 6.42 Å². The van der Waals surface area contributed by atoms with Gasteiger partial charge in [0.1, 0.15) is 5.75 Å². The molecule has 1 aromatic rings. The number of hydrogen-bond donors (Lipinski definition) is 0. The number of rotatable bonds is 3. The van der Waals surface area contributed by atoms with E-state index in [1.807, 2.05) is 0 Å². The maximum atomic E-state index is 12.6. The molecule has 4 nitrogen and oxygen atoms in total. The Bertz CT molecular complexity index is 602. The van der Waals surface area contributed by atoms with Gasteiger partial charge in [-0.1, -0.05) is 0 Å². The van der Waals surface area contributed by atoms with Crippen LogP contribution in [-0.2, 0) is 10.0 Å². The largest absolute Gasteiger partial charge is 0.496 e. The number of benzene rings is 1. The Hall–Kier alpha value is -0.590. The molecule has 1 aliphatic carbocycles. The van der Waals surface area contributed by atoms with Crippen molar-refractivity contribution < 1.29 is 13.2 Å². The highest BCUT2D eigenvalue weighted by Crippen LogP contribution is 2.41. The molecular formula is C13H16BrNO3S. The van der Waals surface area contributed by atoms with Crippen LogP contribution >= 0.6 is 15.9 Å². The first-order valence-electron chi connectivity index (χ1n) is 6.38. The van der Waals surface area contributed by atoms with Crippen LogP contribution in [0.25, 0.3) is 0 Å². The lowest BCUT2D eigenvalue weighted by Crippen LogP contribution is -2.37. The number of sulfonamides is 1. The van der Waals surface area contributed by atoms with Gasteiger partial charge in [-0.25, -0.2) is 8.42 Å². The molecule has 0 radical (unpaired) electrons. The molecule has 2 atom stereocenters. The van der Waals surface area contributed by atoms with Gasteiger partial charge in [0.25, 0.3) is 0 Å².